The van der Waals surface area contributed by atoms with E-state index in [2.05, 4.69) is 35.4 Å². The average Bonchev–Trinajstić information content (AvgIpc) is 3.41. The molecular formula is C37H24F3N3O2P2S. The number of benzene rings is 5. The highest BCUT2D eigenvalue weighted by Crippen LogP contribution is 2.47. The maximum atomic E-state index is 15.5. The number of carbonyl (C=O) groups excluding carboxylic acids is 1. The third-order valence-electron chi connectivity index (χ3n) is 7.84. The van der Waals surface area contributed by atoms with Gasteiger partial charge in [0.15, 0.2) is 11.6 Å². The summed E-state index contributed by atoms with van der Waals surface area (Å²) in [6.07, 6.45) is 0. The maximum Gasteiger partial charge on any atom is 0.340 e. The van der Waals surface area contributed by atoms with E-state index in [1.54, 1.807) is 48.5 Å². The lowest BCUT2D eigenvalue weighted by Crippen LogP contribution is -2.06. The number of carbonyl (C=O) groups is 1. The van der Waals surface area contributed by atoms with Gasteiger partial charge in [0.2, 0.25) is 0 Å². The van der Waals surface area contributed by atoms with Gasteiger partial charge in [-0.15, -0.1) is 18.5 Å². The zero-order valence-electron chi connectivity index (χ0n) is 25.2. The molecule has 1 aromatic heterocycles. The second-order valence-corrected chi connectivity index (χ2v) is 13.9. The molecule has 0 spiro atoms. The first kappa shape index (κ1) is 33.0. The van der Waals surface area contributed by atoms with Gasteiger partial charge in [-0.25, -0.2) is 18.0 Å². The number of nitriles is 2. The van der Waals surface area contributed by atoms with Crippen molar-refractivity contribution >= 4 is 47.3 Å². The molecule has 2 unspecified atom stereocenters. The van der Waals surface area contributed by atoms with Crippen molar-refractivity contribution in [3.63, 3.8) is 0 Å². The summed E-state index contributed by atoms with van der Waals surface area (Å²) in [5.41, 5.74) is 3.55. The Bertz CT molecular complexity index is 2290. The normalized spacial score (nSPS) is 11.0. The van der Waals surface area contributed by atoms with E-state index in [0.717, 1.165) is 23.6 Å². The van der Waals surface area contributed by atoms with Crippen LogP contribution in [-0.4, -0.2) is 17.1 Å². The molecule has 0 aliphatic heterocycles. The summed E-state index contributed by atoms with van der Waals surface area (Å²) in [5.74, 6) is -4.09. The second-order valence-electron chi connectivity index (χ2n) is 10.7. The molecule has 0 saturated heterocycles. The zero-order chi connectivity index (χ0) is 34.1. The van der Waals surface area contributed by atoms with Gasteiger partial charge in [-0.2, -0.15) is 10.5 Å². The fourth-order valence-electron chi connectivity index (χ4n) is 5.58. The predicted octanol–water partition coefficient (Wildman–Crippen LogP) is 9.89. The summed E-state index contributed by atoms with van der Waals surface area (Å²) in [4.78, 5) is 12.8. The SMILES string of the molecule is COC(=O)c1ccc(-c2cccc(-c3c(-c4c(C#N)cccc4C#N)c4cc(F)ccc4n3Sc3ccc(C(P)P)cc3)c2)c(F)c1F. The Morgan fingerprint density at radius 2 is 1.48 bits per heavy atom. The highest BCUT2D eigenvalue weighted by atomic mass is 32.2. The molecule has 6 aromatic rings. The van der Waals surface area contributed by atoms with Crippen molar-refractivity contribution in [1.29, 1.82) is 10.5 Å². The third-order valence-corrected chi connectivity index (χ3v) is 9.65. The Hall–Kier alpha value is -4.91. The van der Waals surface area contributed by atoms with Crippen molar-refractivity contribution in [1.82, 2.24) is 3.97 Å². The van der Waals surface area contributed by atoms with Crippen LogP contribution in [0.5, 0.6) is 0 Å². The second kappa shape index (κ2) is 13.7. The van der Waals surface area contributed by atoms with Crippen molar-refractivity contribution in [3.8, 4) is 45.6 Å². The minimum Gasteiger partial charge on any atom is -0.465 e. The van der Waals surface area contributed by atoms with Crippen molar-refractivity contribution < 1.29 is 22.7 Å². The summed E-state index contributed by atoms with van der Waals surface area (Å²) in [7, 11) is 6.53. The molecule has 6 rings (SSSR count). The van der Waals surface area contributed by atoms with E-state index in [4.69, 9.17) is 0 Å². The molecule has 5 aromatic carbocycles. The van der Waals surface area contributed by atoms with E-state index in [0.29, 0.717) is 38.9 Å². The lowest BCUT2D eigenvalue weighted by atomic mass is 9.90. The highest BCUT2D eigenvalue weighted by Gasteiger charge is 2.27. The molecule has 0 aliphatic carbocycles. The molecule has 1 heterocycles. The van der Waals surface area contributed by atoms with E-state index in [9.17, 15) is 15.3 Å². The zero-order valence-corrected chi connectivity index (χ0v) is 28.3. The molecular weight excluding hydrogens is 669 g/mol. The average molecular weight is 694 g/mol. The first-order chi connectivity index (χ1) is 23.2. The van der Waals surface area contributed by atoms with Crippen molar-refractivity contribution in [2.45, 2.75) is 10.3 Å². The van der Waals surface area contributed by atoms with E-state index in [-0.39, 0.29) is 22.1 Å². The molecule has 11 heteroatoms. The Labute approximate surface area is 283 Å². The van der Waals surface area contributed by atoms with Crippen LogP contribution in [0.3, 0.4) is 0 Å². The van der Waals surface area contributed by atoms with Gasteiger partial charge in [0.1, 0.15) is 5.82 Å². The molecule has 0 aliphatic rings. The van der Waals surface area contributed by atoms with Crippen LogP contribution in [0.2, 0.25) is 0 Å². The summed E-state index contributed by atoms with van der Waals surface area (Å²) in [6, 6.07) is 30.5. The number of fused-ring (bicyclic) bond motifs is 1. The van der Waals surface area contributed by atoms with Gasteiger partial charge in [-0.05, 0) is 77.7 Å². The van der Waals surface area contributed by atoms with Gasteiger partial charge in [0.05, 0.1) is 47.1 Å². The molecule has 0 fully saturated rings. The minimum absolute atomic E-state index is 0.0972. The number of esters is 1. The van der Waals surface area contributed by atoms with Crippen LogP contribution in [0.15, 0.2) is 102 Å². The number of nitrogens with zero attached hydrogens (tertiary/aromatic N) is 3. The number of aromatic nitrogens is 1. The van der Waals surface area contributed by atoms with Crippen LogP contribution < -0.4 is 0 Å². The Morgan fingerprint density at radius 3 is 2.12 bits per heavy atom. The van der Waals surface area contributed by atoms with Gasteiger partial charge < -0.3 is 4.74 Å². The molecule has 5 nitrogen and oxygen atoms in total. The maximum absolute atomic E-state index is 15.5. The smallest absolute Gasteiger partial charge is 0.340 e. The van der Waals surface area contributed by atoms with Crippen LogP contribution in [0.25, 0.3) is 44.4 Å². The Balaban J connectivity index is 1.67. The Kier molecular flexibility index (Phi) is 9.40. The summed E-state index contributed by atoms with van der Waals surface area (Å²) in [5, 5.41) is 20.9. The fourth-order valence-corrected chi connectivity index (χ4v) is 7.04. The molecule has 48 heavy (non-hydrogen) atoms. The van der Waals surface area contributed by atoms with Gasteiger partial charge in [-0.1, -0.05) is 42.5 Å². The molecule has 0 saturated carbocycles. The van der Waals surface area contributed by atoms with E-state index >= 15 is 13.2 Å². The number of rotatable bonds is 7. The third kappa shape index (κ3) is 5.98. The Morgan fingerprint density at radius 1 is 0.812 bits per heavy atom. The molecule has 0 amide bonds. The number of methoxy groups -OCH3 is 1. The quantitative estimate of drug-likeness (QED) is 0.123. The molecule has 0 bridgehead atoms. The topological polar surface area (TPSA) is 78.8 Å². The van der Waals surface area contributed by atoms with Crippen LogP contribution in [-0.2, 0) is 4.74 Å². The van der Waals surface area contributed by atoms with Crippen molar-refractivity contribution in [2.75, 3.05) is 7.11 Å². The van der Waals surface area contributed by atoms with Crippen LogP contribution in [0.4, 0.5) is 13.2 Å². The minimum atomic E-state index is -1.34. The van der Waals surface area contributed by atoms with Gasteiger partial charge >= 0.3 is 5.97 Å². The first-order valence-electron chi connectivity index (χ1n) is 14.4. The molecule has 0 radical (unpaired) electrons. The van der Waals surface area contributed by atoms with Crippen LogP contribution >= 0.6 is 30.4 Å². The number of halogens is 3. The van der Waals surface area contributed by atoms with E-state index in [1.165, 1.54) is 30.1 Å². The first-order valence-corrected chi connectivity index (χ1v) is 16.5. The van der Waals surface area contributed by atoms with Crippen molar-refractivity contribution in [3.05, 3.63) is 137 Å². The van der Waals surface area contributed by atoms with Crippen molar-refractivity contribution in [2.24, 2.45) is 0 Å². The lowest BCUT2D eigenvalue weighted by molar-refractivity contribution is 0.0594. The number of ether oxygens (including phenoxy) is 1. The summed E-state index contributed by atoms with van der Waals surface area (Å²) < 4.78 is 52.0. The highest BCUT2D eigenvalue weighted by molar-refractivity contribution is 7.98. The number of hydrogen-bond acceptors (Lipinski definition) is 5. The standard InChI is InChI=1S/C37H24F3N3O2P2S/c1-45-36(44)28-14-13-27(33(39)34(28)40)21-4-2-5-22(16-21)35-32(31-23(18-41)6-3-7-24(31)19-42)29-17-25(38)10-15-30(29)43(35)48-26-11-8-20(9-12-26)37(46)47/h2-17,37H,46-47H2,1H3. The van der Waals surface area contributed by atoms with Gasteiger partial charge in [0, 0.05) is 37.9 Å². The monoisotopic (exact) mass is 693 g/mol. The molecule has 0 N–H and O–H groups in total. The molecule has 236 valence electrons. The van der Waals surface area contributed by atoms with Gasteiger partial charge in [0.25, 0.3) is 0 Å². The van der Waals surface area contributed by atoms with Crippen LogP contribution in [0.1, 0.15) is 32.4 Å². The largest absolute Gasteiger partial charge is 0.465 e. The number of hydrogen-bond donors (Lipinski definition) is 0. The summed E-state index contributed by atoms with van der Waals surface area (Å²) in [6.45, 7) is 0. The summed E-state index contributed by atoms with van der Waals surface area (Å²) >= 11 is 1.35. The van der Waals surface area contributed by atoms with Gasteiger partial charge in [-0.3, -0.25) is 3.97 Å². The fraction of sp³-hybridized carbons (Fsp3) is 0.0541. The van der Waals surface area contributed by atoms with E-state index < -0.39 is 29.0 Å². The van der Waals surface area contributed by atoms with E-state index in [1.807, 2.05) is 28.2 Å². The lowest BCUT2D eigenvalue weighted by Gasteiger charge is -2.15. The molecule has 2 atom stereocenters. The predicted molar refractivity (Wildman–Crippen MR) is 189 cm³/mol. The van der Waals surface area contributed by atoms with Crippen LogP contribution in [0, 0.1) is 40.1 Å².